The van der Waals surface area contributed by atoms with E-state index in [4.69, 9.17) is 4.42 Å². The number of anilines is 1. The number of carbonyl (C=O) groups excluding carboxylic acids is 2. The number of carbonyl (C=O) groups is 2. The molecule has 0 fully saturated rings. The summed E-state index contributed by atoms with van der Waals surface area (Å²) in [6.07, 6.45) is 1.58. The van der Waals surface area contributed by atoms with E-state index in [-0.39, 0.29) is 24.1 Å². The third kappa shape index (κ3) is 5.26. The number of thioether (sulfide) groups is 1. The molecule has 3 aromatic rings. The second-order valence-corrected chi connectivity index (χ2v) is 7.42. The van der Waals surface area contributed by atoms with Crippen LogP contribution in [0.25, 0.3) is 11.6 Å². The van der Waals surface area contributed by atoms with Crippen molar-refractivity contribution in [2.45, 2.75) is 25.5 Å². The molecule has 0 saturated heterocycles. The fraction of sp³-hybridized carbons (Fsp3) is 0.300. The van der Waals surface area contributed by atoms with Crippen LogP contribution in [-0.2, 0) is 16.1 Å². The minimum atomic E-state index is -0.244. The predicted octanol–water partition coefficient (Wildman–Crippen LogP) is 3.06. The van der Waals surface area contributed by atoms with Gasteiger partial charge in [-0.3, -0.25) is 14.2 Å². The van der Waals surface area contributed by atoms with Gasteiger partial charge in [0.05, 0.1) is 18.6 Å². The third-order valence-electron chi connectivity index (χ3n) is 4.24. The van der Waals surface area contributed by atoms with Crippen molar-refractivity contribution in [1.82, 2.24) is 19.7 Å². The molecule has 0 unspecified atom stereocenters. The number of aromatic nitrogens is 3. The Morgan fingerprint density at radius 3 is 2.62 bits per heavy atom. The van der Waals surface area contributed by atoms with Crippen molar-refractivity contribution in [2.24, 2.45) is 0 Å². The summed E-state index contributed by atoms with van der Waals surface area (Å²) in [5, 5.41) is 11.7. The Morgan fingerprint density at radius 2 is 1.97 bits per heavy atom. The second-order valence-electron chi connectivity index (χ2n) is 6.48. The van der Waals surface area contributed by atoms with Gasteiger partial charge in [0.1, 0.15) is 0 Å². The van der Waals surface area contributed by atoms with E-state index in [1.807, 2.05) is 48.7 Å². The van der Waals surface area contributed by atoms with Crippen molar-refractivity contribution in [3.63, 3.8) is 0 Å². The topological polar surface area (TPSA) is 93.3 Å². The van der Waals surface area contributed by atoms with Crippen molar-refractivity contribution in [2.75, 3.05) is 24.7 Å². The molecule has 0 spiro atoms. The molecule has 9 heteroatoms. The summed E-state index contributed by atoms with van der Waals surface area (Å²) < 4.78 is 7.28. The Labute approximate surface area is 173 Å². The number of aryl methyl sites for hydroxylation is 1. The van der Waals surface area contributed by atoms with Gasteiger partial charge in [0.25, 0.3) is 0 Å². The van der Waals surface area contributed by atoms with E-state index in [1.165, 1.54) is 16.7 Å². The highest BCUT2D eigenvalue weighted by atomic mass is 32.2. The first-order valence-corrected chi connectivity index (χ1v) is 10.2. The lowest BCUT2D eigenvalue weighted by Gasteiger charge is -2.16. The zero-order chi connectivity index (χ0) is 20.8. The number of hydrogen-bond acceptors (Lipinski definition) is 6. The summed E-state index contributed by atoms with van der Waals surface area (Å²) in [5.41, 5.74) is 1.82. The van der Waals surface area contributed by atoms with Crippen molar-refractivity contribution in [3.8, 4) is 11.6 Å². The van der Waals surface area contributed by atoms with E-state index in [9.17, 15) is 9.59 Å². The van der Waals surface area contributed by atoms with Gasteiger partial charge in [-0.15, -0.1) is 10.2 Å². The highest BCUT2D eigenvalue weighted by molar-refractivity contribution is 7.99. The number of amides is 2. The molecule has 0 aliphatic heterocycles. The van der Waals surface area contributed by atoms with E-state index in [2.05, 4.69) is 15.5 Å². The first-order chi connectivity index (χ1) is 14.0. The monoisotopic (exact) mass is 413 g/mol. The van der Waals surface area contributed by atoms with Crippen LogP contribution >= 0.6 is 11.8 Å². The minimum Gasteiger partial charge on any atom is -0.461 e. The molecule has 0 bridgehead atoms. The Balaban J connectivity index is 1.53. The van der Waals surface area contributed by atoms with Gasteiger partial charge >= 0.3 is 0 Å². The third-order valence-corrected chi connectivity index (χ3v) is 5.19. The number of rotatable bonds is 8. The lowest BCUT2D eigenvalue weighted by Crippen LogP contribution is -2.36. The predicted molar refractivity (Wildman–Crippen MR) is 112 cm³/mol. The first kappa shape index (κ1) is 20.7. The maximum absolute atomic E-state index is 12.4. The molecule has 29 heavy (non-hydrogen) atoms. The zero-order valence-corrected chi connectivity index (χ0v) is 17.4. The van der Waals surface area contributed by atoms with Crippen LogP contribution in [0.3, 0.4) is 0 Å². The van der Waals surface area contributed by atoms with E-state index in [1.54, 1.807) is 19.4 Å². The molecular weight excluding hydrogens is 390 g/mol. The average molecular weight is 414 g/mol. The summed E-state index contributed by atoms with van der Waals surface area (Å²) in [6, 6.07) is 11.1. The minimum absolute atomic E-state index is 0.0224. The molecule has 0 atom stereocenters. The van der Waals surface area contributed by atoms with Gasteiger partial charge in [0, 0.05) is 19.3 Å². The van der Waals surface area contributed by atoms with E-state index < -0.39 is 0 Å². The molecule has 1 N–H and O–H groups in total. The van der Waals surface area contributed by atoms with Gasteiger partial charge in [0.2, 0.25) is 11.8 Å². The number of benzene rings is 1. The summed E-state index contributed by atoms with van der Waals surface area (Å²) >= 11 is 1.28. The van der Waals surface area contributed by atoms with Crippen molar-refractivity contribution in [1.29, 1.82) is 0 Å². The molecule has 0 radical (unpaired) electrons. The number of likely N-dealkylation sites (N-methyl/N-ethyl adjacent to an activating group) is 1. The van der Waals surface area contributed by atoms with Crippen LogP contribution in [0.1, 0.15) is 12.5 Å². The van der Waals surface area contributed by atoms with Gasteiger partial charge in [0.15, 0.2) is 16.7 Å². The molecule has 3 rings (SSSR count). The van der Waals surface area contributed by atoms with Gasteiger partial charge in [-0.05, 0) is 38.1 Å². The van der Waals surface area contributed by atoms with E-state index in [0.717, 1.165) is 5.56 Å². The molecule has 1 aromatic carbocycles. The zero-order valence-electron chi connectivity index (χ0n) is 16.6. The van der Waals surface area contributed by atoms with Gasteiger partial charge in [-0.25, -0.2) is 0 Å². The standard InChI is InChI=1S/C20H23N5O3S/c1-4-25-19(16-6-5-11-28-16)22-23-20(25)29-13-18(27)24(3)12-17(26)21-15-9-7-14(2)8-10-15/h5-11H,4,12-13H2,1-3H3,(H,21,26). The summed E-state index contributed by atoms with van der Waals surface area (Å²) in [7, 11) is 1.61. The van der Waals surface area contributed by atoms with E-state index in [0.29, 0.717) is 29.0 Å². The maximum atomic E-state index is 12.4. The van der Waals surface area contributed by atoms with Gasteiger partial charge in [-0.1, -0.05) is 29.5 Å². The first-order valence-electron chi connectivity index (χ1n) is 9.18. The Bertz CT molecular complexity index is 967. The molecule has 2 aromatic heterocycles. The molecule has 2 amide bonds. The van der Waals surface area contributed by atoms with Crippen LogP contribution in [-0.4, -0.2) is 50.8 Å². The smallest absolute Gasteiger partial charge is 0.243 e. The normalized spacial score (nSPS) is 10.7. The van der Waals surface area contributed by atoms with Crippen LogP contribution in [0.15, 0.2) is 52.2 Å². The van der Waals surface area contributed by atoms with Crippen LogP contribution in [0, 0.1) is 6.92 Å². The largest absolute Gasteiger partial charge is 0.461 e. The Morgan fingerprint density at radius 1 is 1.21 bits per heavy atom. The molecule has 2 heterocycles. The summed E-state index contributed by atoms with van der Waals surface area (Å²) in [6.45, 7) is 4.58. The lowest BCUT2D eigenvalue weighted by molar-refractivity contribution is -0.131. The van der Waals surface area contributed by atoms with Crippen LogP contribution in [0.2, 0.25) is 0 Å². The van der Waals surface area contributed by atoms with Crippen LogP contribution in [0.5, 0.6) is 0 Å². The molecular formula is C20H23N5O3S. The van der Waals surface area contributed by atoms with Gasteiger partial charge < -0.3 is 14.6 Å². The second kappa shape index (κ2) is 9.42. The van der Waals surface area contributed by atoms with Gasteiger partial charge in [-0.2, -0.15) is 0 Å². The maximum Gasteiger partial charge on any atom is 0.243 e. The molecule has 0 saturated carbocycles. The van der Waals surface area contributed by atoms with Crippen molar-refractivity contribution in [3.05, 3.63) is 48.2 Å². The number of furan rings is 1. The Kier molecular flexibility index (Phi) is 6.71. The fourth-order valence-corrected chi connectivity index (χ4v) is 3.59. The van der Waals surface area contributed by atoms with Crippen molar-refractivity contribution >= 4 is 29.3 Å². The number of hydrogen-bond donors (Lipinski definition) is 1. The molecule has 0 aliphatic carbocycles. The summed E-state index contributed by atoms with van der Waals surface area (Å²) in [5.74, 6) is 0.997. The van der Waals surface area contributed by atoms with Crippen molar-refractivity contribution < 1.29 is 14.0 Å². The fourth-order valence-electron chi connectivity index (χ4n) is 2.65. The average Bonchev–Trinajstić information content (AvgIpc) is 3.36. The number of nitrogens with zero attached hydrogens (tertiary/aromatic N) is 4. The quantitative estimate of drug-likeness (QED) is 0.571. The SMILES string of the molecule is CCn1c(SCC(=O)N(C)CC(=O)Nc2ccc(C)cc2)nnc1-c1ccco1. The highest BCUT2D eigenvalue weighted by Crippen LogP contribution is 2.24. The summed E-state index contributed by atoms with van der Waals surface area (Å²) in [4.78, 5) is 26.0. The van der Waals surface area contributed by atoms with Crippen LogP contribution in [0.4, 0.5) is 5.69 Å². The Hall–Kier alpha value is -3.07. The highest BCUT2D eigenvalue weighted by Gasteiger charge is 2.18. The molecule has 152 valence electrons. The molecule has 0 aliphatic rings. The van der Waals surface area contributed by atoms with E-state index >= 15 is 0 Å². The van der Waals surface area contributed by atoms with Crippen LogP contribution < -0.4 is 5.32 Å². The number of nitrogens with one attached hydrogen (secondary N) is 1. The molecule has 8 nitrogen and oxygen atoms in total. The lowest BCUT2D eigenvalue weighted by atomic mass is 10.2.